The van der Waals surface area contributed by atoms with Gasteiger partial charge in [0.05, 0.1) is 6.61 Å². The minimum atomic E-state index is 0.275. The normalized spacial score (nSPS) is 30.0. The van der Waals surface area contributed by atoms with E-state index >= 15 is 0 Å². The maximum absolute atomic E-state index is 9.35. The molecule has 16 heavy (non-hydrogen) atoms. The number of hydrogen-bond acceptors (Lipinski definition) is 2. The lowest BCUT2D eigenvalue weighted by atomic mass is 9.82. The SMILES string of the molecule is CCC(C)C(CO)NCC1CCCC(C)C1. The fourth-order valence-corrected chi connectivity index (χ4v) is 2.79. The highest BCUT2D eigenvalue weighted by molar-refractivity contribution is 4.77. The van der Waals surface area contributed by atoms with E-state index in [1.165, 1.54) is 25.7 Å². The second kappa shape index (κ2) is 7.29. The Bertz CT molecular complexity index is 184. The highest BCUT2D eigenvalue weighted by Gasteiger charge is 2.21. The minimum absolute atomic E-state index is 0.275. The molecule has 1 fully saturated rings. The van der Waals surface area contributed by atoms with Crippen molar-refractivity contribution in [1.82, 2.24) is 5.32 Å². The van der Waals surface area contributed by atoms with Gasteiger partial charge in [0.25, 0.3) is 0 Å². The van der Waals surface area contributed by atoms with E-state index in [9.17, 15) is 5.11 Å². The van der Waals surface area contributed by atoms with E-state index in [4.69, 9.17) is 0 Å². The Balaban J connectivity index is 2.26. The van der Waals surface area contributed by atoms with Gasteiger partial charge in [0.1, 0.15) is 0 Å². The van der Waals surface area contributed by atoms with Crippen molar-refractivity contribution in [3.8, 4) is 0 Å². The van der Waals surface area contributed by atoms with Crippen molar-refractivity contribution in [3.63, 3.8) is 0 Å². The lowest BCUT2D eigenvalue weighted by Crippen LogP contribution is -2.41. The molecular formula is C14H29NO. The number of aliphatic hydroxyl groups is 1. The van der Waals surface area contributed by atoms with Crippen molar-refractivity contribution in [1.29, 1.82) is 0 Å². The predicted octanol–water partition coefficient (Wildman–Crippen LogP) is 2.81. The second-order valence-electron chi connectivity index (χ2n) is 5.72. The van der Waals surface area contributed by atoms with Gasteiger partial charge in [-0.1, -0.05) is 40.0 Å². The Morgan fingerprint density at radius 1 is 1.38 bits per heavy atom. The Hall–Kier alpha value is -0.0800. The first-order valence-corrected chi connectivity index (χ1v) is 7.01. The van der Waals surface area contributed by atoms with Crippen LogP contribution in [0.15, 0.2) is 0 Å². The molecule has 2 heteroatoms. The van der Waals surface area contributed by atoms with Crippen LogP contribution in [-0.2, 0) is 0 Å². The molecule has 4 atom stereocenters. The van der Waals surface area contributed by atoms with Crippen molar-refractivity contribution < 1.29 is 5.11 Å². The van der Waals surface area contributed by atoms with E-state index < -0.39 is 0 Å². The number of aliphatic hydroxyl groups excluding tert-OH is 1. The zero-order valence-electron chi connectivity index (χ0n) is 11.2. The molecule has 0 spiro atoms. The van der Waals surface area contributed by atoms with Crippen molar-refractivity contribution in [2.45, 2.75) is 58.9 Å². The maximum Gasteiger partial charge on any atom is 0.0587 e. The first kappa shape index (κ1) is 14.0. The van der Waals surface area contributed by atoms with E-state index in [1.807, 2.05) is 0 Å². The van der Waals surface area contributed by atoms with Crippen LogP contribution in [0.4, 0.5) is 0 Å². The topological polar surface area (TPSA) is 32.3 Å². The third kappa shape index (κ3) is 4.42. The molecule has 1 aliphatic carbocycles. The van der Waals surface area contributed by atoms with Crippen LogP contribution in [0, 0.1) is 17.8 Å². The average Bonchev–Trinajstić information content (AvgIpc) is 2.29. The third-order valence-corrected chi connectivity index (χ3v) is 4.24. The number of hydrogen-bond donors (Lipinski definition) is 2. The van der Waals surface area contributed by atoms with E-state index in [0.717, 1.165) is 24.8 Å². The molecule has 1 rings (SSSR count). The molecule has 1 saturated carbocycles. The van der Waals surface area contributed by atoms with Gasteiger partial charge in [-0.25, -0.2) is 0 Å². The molecule has 2 N–H and O–H groups in total. The van der Waals surface area contributed by atoms with E-state index in [-0.39, 0.29) is 6.61 Å². The summed E-state index contributed by atoms with van der Waals surface area (Å²) >= 11 is 0. The molecule has 0 radical (unpaired) electrons. The molecule has 0 heterocycles. The average molecular weight is 227 g/mol. The first-order valence-electron chi connectivity index (χ1n) is 7.01. The molecule has 0 aromatic heterocycles. The summed E-state index contributed by atoms with van der Waals surface area (Å²) in [7, 11) is 0. The smallest absolute Gasteiger partial charge is 0.0587 e. The Kier molecular flexibility index (Phi) is 6.37. The minimum Gasteiger partial charge on any atom is -0.395 e. The van der Waals surface area contributed by atoms with Gasteiger partial charge in [-0.3, -0.25) is 0 Å². The third-order valence-electron chi connectivity index (χ3n) is 4.24. The molecule has 0 saturated heterocycles. The molecule has 4 unspecified atom stereocenters. The van der Waals surface area contributed by atoms with Crippen LogP contribution in [0.3, 0.4) is 0 Å². The molecule has 0 aliphatic heterocycles. The second-order valence-corrected chi connectivity index (χ2v) is 5.72. The summed E-state index contributed by atoms with van der Waals surface area (Å²) in [4.78, 5) is 0. The lowest BCUT2D eigenvalue weighted by molar-refractivity contribution is 0.185. The van der Waals surface area contributed by atoms with Gasteiger partial charge in [-0.05, 0) is 37.1 Å². The fourth-order valence-electron chi connectivity index (χ4n) is 2.79. The van der Waals surface area contributed by atoms with Gasteiger partial charge in [-0.2, -0.15) is 0 Å². The Morgan fingerprint density at radius 2 is 2.12 bits per heavy atom. The standard InChI is InChI=1S/C14H29NO/c1-4-12(3)14(10-16)15-9-13-7-5-6-11(2)8-13/h11-16H,4-10H2,1-3H3. The molecule has 0 aromatic carbocycles. The summed E-state index contributed by atoms with van der Waals surface area (Å²) in [6, 6.07) is 0.294. The Morgan fingerprint density at radius 3 is 2.69 bits per heavy atom. The monoisotopic (exact) mass is 227 g/mol. The predicted molar refractivity (Wildman–Crippen MR) is 69.5 cm³/mol. The summed E-state index contributed by atoms with van der Waals surface area (Å²) in [5, 5.41) is 12.9. The van der Waals surface area contributed by atoms with E-state index in [0.29, 0.717) is 12.0 Å². The van der Waals surface area contributed by atoms with Crippen molar-refractivity contribution >= 4 is 0 Å². The van der Waals surface area contributed by atoms with Gasteiger partial charge in [-0.15, -0.1) is 0 Å². The van der Waals surface area contributed by atoms with Gasteiger partial charge < -0.3 is 10.4 Å². The van der Waals surface area contributed by atoms with Crippen LogP contribution < -0.4 is 5.32 Å². The first-order chi connectivity index (χ1) is 7.67. The maximum atomic E-state index is 9.35. The zero-order chi connectivity index (χ0) is 12.0. The van der Waals surface area contributed by atoms with Crippen LogP contribution in [0.25, 0.3) is 0 Å². The van der Waals surface area contributed by atoms with Crippen molar-refractivity contribution in [2.75, 3.05) is 13.2 Å². The Labute approximate surface area is 101 Å². The van der Waals surface area contributed by atoms with Gasteiger partial charge in [0.15, 0.2) is 0 Å². The van der Waals surface area contributed by atoms with Crippen LogP contribution in [0.1, 0.15) is 52.9 Å². The highest BCUT2D eigenvalue weighted by Crippen LogP contribution is 2.28. The van der Waals surface area contributed by atoms with Crippen LogP contribution in [0.2, 0.25) is 0 Å². The van der Waals surface area contributed by atoms with Crippen LogP contribution in [0.5, 0.6) is 0 Å². The van der Waals surface area contributed by atoms with Gasteiger partial charge >= 0.3 is 0 Å². The van der Waals surface area contributed by atoms with Gasteiger partial charge in [0.2, 0.25) is 0 Å². The van der Waals surface area contributed by atoms with Gasteiger partial charge in [0, 0.05) is 6.04 Å². The molecule has 96 valence electrons. The quantitative estimate of drug-likeness (QED) is 0.731. The summed E-state index contributed by atoms with van der Waals surface area (Å²) in [6.45, 7) is 8.15. The molecule has 0 aromatic rings. The highest BCUT2D eigenvalue weighted by atomic mass is 16.3. The van der Waals surface area contributed by atoms with E-state index in [2.05, 4.69) is 26.1 Å². The van der Waals surface area contributed by atoms with Crippen molar-refractivity contribution in [2.24, 2.45) is 17.8 Å². The molecular weight excluding hydrogens is 198 g/mol. The largest absolute Gasteiger partial charge is 0.395 e. The van der Waals surface area contributed by atoms with Crippen LogP contribution in [-0.4, -0.2) is 24.3 Å². The number of rotatable bonds is 6. The molecule has 1 aliphatic rings. The fraction of sp³-hybridized carbons (Fsp3) is 1.00. The summed E-state index contributed by atoms with van der Waals surface area (Å²) in [5.74, 6) is 2.31. The van der Waals surface area contributed by atoms with Crippen LogP contribution >= 0.6 is 0 Å². The van der Waals surface area contributed by atoms with Crippen molar-refractivity contribution in [3.05, 3.63) is 0 Å². The molecule has 2 nitrogen and oxygen atoms in total. The summed E-state index contributed by atoms with van der Waals surface area (Å²) < 4.78 is 0. The number of nitrogens with one attached hydrogen (secondary N) is 1. The van der Waals surface area contributed by atoms with E-state index in [1.54, 1.807) is 0 Å². The molecule has 0 bridgehead atoms. The zero-order valence-corrected chi connectivity index (χ0v) is 11.2. The lowest BCUT2D eigenvalue weighted by Gasteiger charge is -2.30. The summed E-state index contributed by atoms with van der Waals surface area (Å²) in [5.41, 5.74) is 0. The molecule has 0 amide bonds. The summed E-state index contributed by atoms with van der Waals surface area (Å²) in [6.07, 6.45) is 6.67.